The molecule has 11 heteroatoms. The Bertz CT molecular complexity index is 880. The summed E-state index contributed by atoms with van der Waals surface area (Å²) in [5, 5.41) is 14.8. The van der Waals surface area contributed by atoms with Crippen molar-refractivity contribution in [3.05, 3.63) is 51.7 Å². The molecule has 1 aromatic heterocycles. The summed E-state index contributed by atoms with van der Waals surface area (Å²) < 4.78 is 33.1. The Labute approximate surface area is 159 Å². The Morgan fingerprint density at radius 1 is 1.29 bits per heavy atom. The van der Waals surface area contributed by atoms with Crippen LogP contribution < -0.4 is 4.74 Å². The third-order valence-corrected chi connectivity index (χ3v) is 4.55. The fourth-order valence-corrected chi connectivity index (χ4v) is 3.05. The lowest BCUT2D eigenvalue weighted by Crippen LogP contribution is -2.49. The molecule has 1 aliphatic rings. The molecule has 3 rings (SSSR count). The smallest absolute Gasteiger partial charge is 0.350 e. The first-order chi connectivity index (χ1) is 13.4. The third-order valence-electron chi connectivity index (χ3n) is 4.55. The van der Waals surface area contributed by atoms with Crippen molar-refractivity contribution in [3.8, 4) is 5.88 Å². The number of benzene rings is 1. The van der Waals surface area contributed by atoms with Crippen LogP contribution >= 0.6 is 0 Å². The summed E-state index contributed by atoms with van der Waals surface area (Å²) in [5.41, 5.74) is -0.0343. The standard InChI is InChI=1S/C17H19F2N5O4/c1-28-17-14(24(26)27)10-23(20-17)11-15(25)22-7-5-21(6-8-22)9-12-3-2-4-13(18)16(12)19/h2-4,10H,5-9,11H2,1H3. The van der Waals surface area contributed by atoms with E-state index in [0.717, 1.165) is 12.3 Å². The van der Waals surface area contributed by atoms with Gasteiger partial charge in [-0.05, 0) is 6.07 Å². The van der Waals surface area contributed by atoms with Crippen molar-refractivity contribution in [3.63, 3.8) is 0 Å². The second-order valence-corrected chi connectivity index (χ2v) is 6.35. The quantitative estimate of drug-likeness (QED) is 0.543. The summed E-state index contributed by atoms with van der Waals surface area (Å²) >= 11 is 0. The van der Waals surface area contributed by atoms with Crippen LogP contribution in [0.3, 0.4) is 0 Å². The van der Waals surface area contributed by atoms with Gasteiger partial charge in [0.05, 0.1) is 12.0 Å². The zero-order valence-electron chi connectivity index (χ0n) is 15.2. The maximum absolute atomic E-state index is 13.8. The number of nitro groups is 1. The molecule has 2 aromatic rings. The number of hydrogen-bond donors (Lipinski definition) is 0. The summed E-state index contributed by atoms with van der Waals surface area (Å²) in [6, 6.07) is 4.07. The Morgan fingerprint density at radius 2 is 2.00 bits per heavy atom. The van der Waals surface area contributed by atoms with E-state index in [4.69, 9.17) is 4.74 Å². The van der Waals surface area contributed by atoms with Crippen molar-refractivity contribution in [1.29, 1.82) is 0 Å². The van der Waals surface area contributed by atoms with Gasteiger partial charge in [-0.25, -0.2) is 8.78 Å². The van der Waals surface area contributed by atoms with Crippen LogP contribution in [0.25, 0.3) is 0 Å². The number of methoxy groups -OCH3 is 1. The van der Waals surface area contributed by atoms with Crippen molar-refractivity contribution in [2.75, 3.05) is 33.3 Å². The van der Waals surface area contributed by atoms with Crippen LogP contribution in [0.1, 0.15) is 5.56 Å². The van der Waals surface area contributed by atoms with E-state index in [1.54, 1.807) is 4.90 Å². The molecule has 150 valence electrons. The van der Waals surface area contributed by atoms with Gasteiger partial charge in [-0.15, -0.1) is 5.10 Å². The highest BCUT2D eigenvalue weighted by atomic mass is 19.2. The molecule has 1 aromatic carbocycles. The van der Waals surface area contributed by atoms with Crippen molar-refractivity contribution in [2.24, 2.45) is 0 Å². The van der Waals surface area contributed by atoms with Crippen molar-refractivity contribution in [1.82, 2.24) is 19.6 Å². The Balaban J connectivity index is 1.55. The van der Waals surface area contributed by atoms with Crippen LogP contribution in [0.4, 0.5) is 14.5 Å². The SMILES string of the molecule is COc1nn(CC(=O)N2CCN(Cc3cccc(F)c3F)CC2)cc1[N+](=O)[O-]. The summed E-state index contributed by atoms with van der Waals surface area (Å²) in [7, 11) is 1.27. The first-order valence-corrected chi connectivity index (χ1v) is 8.58. The van der Waals surface area contributed by atoms with Gasteiger partial charge in [-0.1, -0.05) is 12.1 Å². The van der Waals surface area contributed by atoms with Gasteiger partial charge < -0.3 is 9.64 Å². The molecule has 0 saturated carbocycles. The summed E-state index contributed by atoms with van der Waals surface area (Å²) in [6.45, 7) is 1.94. The Morgan fingerprint density at radius 3 is 2.61 bits per heavy atom. The number of halogens is 2. The molecular weight excluding hydrogens is 376 g/mol. The molecule has 1 aliphatic heterocycles. The van der Waals surface area contributed by atoms with E-state index in [2.05, 4.69) is 5.10 Å². The van der Waals surface area contributed by atoms with Crippen molar-refractivity contribution >= 4 is 11.6 Å². The molecule has 1 saturated heterocycles. The predicted octanol–water partition coefficient (Wildman–Crippen LogP) is 1.42. The number of ether oxygens (including phenoxy) is 1. The van der Waals surface area contributed by atoms with Crippen molar-refractivity contribution < 1.29 is 23.2 Å². The zero-order chi connectivity index (χ0) is 20.3. The van der Waals surface area contributed by atoms with E-state index in [1.165, 1.54) is 23.9 Å². The molecular formula is C17H19F2N5O4. The normalized spacial score (nSPS) is 14.9. The number of carbonyl (C=O) groups is 1. The van der Waals surface area contributed by atoms with Gasteiger partial charge in [0.25, 0.3) is 0 Å². The molecule has 1 fully saturated rings. The zero-order valence-corrected chi connectivity index (χ0v) is 15.2. The maximum Gasteiger partial charge on any atom is 0.350 e. The van der Waals surface area contributed by atoms with Gasteiger partial charge in [0.15, 0.2) is 11.6 Å². The molecule has 1 amide bonds. The first kappa shape index (κ1) is 19.7. The van der Waals surface area contributed by atoms with Crippen LogP contribution in [0, 0.1) is 21.7 Å². The minimum absolute atomic E-state index is 0.150. The fourth-order valence-electron chi connectivity index (χ4n) is 3.05. The van der Waals surface area contributed by atoms with Gasteiger partial charge in [-0.3, -0.25) is 24.5 Å². The number of nitrogens with zero attached hydrogens (tertiary/aromatic N) is 5. The molecule has 0 radical (unpaired) electrons. The van der Waals surface area contributed by atoms with Crippen LogP contribution in [-0.2, 0) is 17.9 Å². The molecule has 2 heterocycles. The highest BCUT2D eigenvalue weighted by Gasteiger charge is 2.25. The van der Waals surface area contributed by atoms with Gasteiger partial charge in [-0.2, -0.15) is 0 Å². The van der Waals surface area contributed by atoms with Crippen molar-refractivity contribution in [2.45, 2.75) is 13.1 Å². The lowest BCUT2D eigenvalue weighted by Gasteiger charge is -2.34. The van der Waals surface area contributed by atoms with Crippen LogP contribution in [-0.4, -0.2) is 63.7 Å². The monoisotopic (exact) mass is 395 g/mol. The second kappa shape index (κ2) is 8.30. The van der Waals surface area contributed by atoms with Crippen LogP contribution in [0.15, 0.2) is 24.4 Å². The summed E-state index contributed by atoms with van der Waals surface area (Å²) in [6.07, 6.45) is 1.15. The lowest BCUT2D eigenvalue weighted by molar-refractivity contribution is -0.385. The van der Waals surface area contributed by atoms with E-state index < -0.39 is 16.6 Å². The van der Waals surface area contributed by atoms with E-state index in [-0.39, 0.29) is 36.1 Å². The minimum atomic E-state index is -0.880. The molecule has 0 atom stereocenters. The minimum Gasteiger partial charge on any atom is -0.475 e. The molecule has 9 nitrogen and oxygen atoms in total. The summed E-state index contributed by atoms with van der Waals surface area (Å²) in [5.74, 6) is -2.12. The molecule has 0 N–H and O–H groups in total. The van der Waals surface area contributed by atoms with Gasteiger partial charge in [0.2, 0.25) is 5.91 Å². The molecule has 0 unspecified atom stereocenters. The highest BCUT2D eigenvalue weighted by molar-refractivity contribution is 5.76. The van der Waals surface area contributed by atoms with Gasteiger partial charge >= 0.3 is 11.6 Å². The van der Waals surface area contributed by atoms with E-state index in [1.807, 2.05) is 4.90 Å². The number of rotatable bonds is 6. The third kappa shape index (κ3) is 4.25. The summed E-state index contributed by atoms with van der Waals surface area (Å²) in [4.78, 5) is 26.3. The topological polar surface area (TPSA) is 93.7 Å². The van der Waals surface area contributed by atoms with Gasteiger partial charge in [0.1, 0.15) is 12.7 Å². The molecule has 0 aliphatic carbocycles. The molecule has 28 heavy (non-hydrogen) atoms. The number of hydrogen-bond acceptors (Lipinski definition) is 6. The number of amides is 1. The maximum atomic E-state index is 13.8. The molecule has 0 bridgehead atoms. The number of piperazine rings is 1. The van der Waals surface area contributed by atoms with E-state index in [0.29, 0.717) is 26.2 Å². The largest absolute Gasteiger partial charge is 0.475 e. The van der Waals surface area contributed by atoms with E-state index in [9.17, 15) is 23.7 Å². The number of carbonyl (C=O) groups excluding carboxylic acids is 1. The Hall–Kier alpha value is -3.08. The second-order valence-electron chi connectivity index (χ2n) is 6.35. The molecule has 0 spiro atoms. The highest BCUT2D eigenvalue weighted by Crippen LogP contribution is 2.24. The fraction of sp³-hybridized carbons (Fsp3) is 0.412. The first-order valence-electron chi connectivity index (χ1n) is 8.58. The Kier molecular flexibility index (Phi) is 5.83. The van der Waals surface area contributed by atoms with E-state index >= 15 is 0 Å². The predicted molar refractivity (Wildman–Crippen MR) is 93.6 cm³/mol. The van der Waals surface area contributed by atoms with Gasteiger partial charge in [0, 0.05) is 38.3 Å². The number of aromatic nitrogens is 2. The lowest BCUT2D eigenvalue weighted by atomic mass is 10.1. The van der Waals surface area contributed by atoms with Crippen LogP contribution in [0.5, 0.6) is 5.88 Å². The average Bonchev–Trinajstić information content (AvgIpc) is 3.09. The van der Waals surface area contributed by atoms with Crippen LogP contribution in [0.2, 0.25) is 0 Å². The average molecular weight is 395 g/mol.